The summed E-state index contributed by atoms with van der Waals surface area (Å²) in [6.45, 7) is 7.18. The van der Waals surface area contributed by atoms with Crippen LogP contribution in [0.5, 0.6) is 5.75 Å². The van der Waals surface area contributed by atoms with Crippen molar-refractivity contribution in [2.24, 2.45) is 17.8 Å². The monoisotopic (exact) mass is 805 g/mol. The van der Waals surface area contributed by atoms with Crippen LogP contribution in [-0.4, -0.2) is 54.5 Å². The van der Waals surface area contributed by atoms with E-state index in [2.05, 4.69) is 50.0 Å². The Hall–Kier alpha value is -6.01. The highest BCUT2D eigenvalue weighted by atomic mass is 28.4. The number of hydrogen-bond acceptors (Lipinski definition) is 8. The zero-order valence-electron chi connectivity index (χ0n) is 33.4. The summed E-state index contributed by atoms with van der Waals surface area (Å²) in [7, 11) is -3.01. The number of amides is 2. The molecule has 2 aliphatic heterocycles. The molecule has 10 nitrogen and oxygen atoms in total. The van der Waals surface area contributed by atoms with E-state index in [9.17, 15) is 24.8 Å². The maximum atomic E-state index is 14.5. The summed E-state index contributed by atoms with van der Waals surface area (Å²) in [4.78, 5) is 45.9. The van der Waals surface area contributed by atoms with E-state index in [1.165, 1.54) is 18.2 Å². The molecule has 8 rings (SSSR count). The molecule has 1 aromatic heterocycles. The zero-order chi connectivity index (χ0) is 41.3. The van der Waals surface area contributed by atoms with Crippen molar-refractivity contribution in [1.29, 1.82) is 0 Å². The predicted octanol–water partition coefficient (Wildman–Crippen LogP) is 8.11. The molecule has 4 aromatic carbocycles. The van der Waals surface area contributed by atoms with Crippen molar-refractivity contribution < 1.29 is 28.8 Å². The first-order valence-electron chi connectivity index (χ1n) is 20.1. The van der Waals surface area contributed by atoms with Gasteiger partial charge in [-0.1, -0.05) is 106 Å². The predicted molar refractivity (Wildman–Crippen MR) is 230 cm³/mol. The van der Waals surface area contributed by atoms with E-state index in [1.54, 1.807) is 30.5 Å². The number of rotatable bonds is 12. The number of benzene rings is 4. The minimum atomic E-state index is -3.01. The van der Waals surface area contributed by atoms with Crippen molar-refractivity contribution >= 4 is 53.5 Å². The molecule has 5 aromatic rings. The van der Waals surface area contributed by atoms with Crippen molar-refractivity contribution in [1.82, 2.24) is 4.98 Å². The van der Waals surface area contributed by atoms with Crippen molar-refractivity contribution in [3.63, 3.8) is 0 Å². The van der Waals surface area contributed by atoms with Gasteiger partial charge >= 0.3 is 0 Å². The molecule has 4 atom stereocenters. The van der Waals surface area contributed by atoms with Gasteiger partial charge in [-0.15, -0.1) is 0 Å². The van der Waals surface area contributed by atoms with E-state index in [0.717, 1.165) is 43.3 Å². The lowest BCUT2D eigenvalue weighted by Gasteiger charge is -2.44. The van der Waals surface area contributed by atoms with E-state index in [1.807, 2.05) is 66.7 Å². The van der Waals surface area contributed by atoms with Crippen LogP contribution in [0.25, 0.3) is 11.6 Å². The third kappa shape index (κ3) is 7.57. The number of aromatic hydroxyl groups is 1. The van der Waals surface area contributed by atoms with Gasteiger partial charge in [-0.05, 0) is 93.4 Å². The molecule has 0 saturated carbocycles. The van der Waals surface area contributed by atoms with Crippen LogP contribution in [-0.2, 0) is 18.8 Å². The van der Waals surface area contributed by atoms with Crippen LogP contribution < -0.4 is 15.3 Å². The molecular weight excluding hydrogens is 759 g/mol. The Morgan fingerprint density at radius 3 is 2.24 bits per heavy atom. The number of nitro benzene ring substituents is 1. The first kappa shape index (κ1) is 39.8. The van der Waals surface area contributed by atoms with E-state index < -0.39 is 25.1 Å². The van der Waals surface area contributed by atoms with Gasteiger partial charge < -0.3 is 14.3 Å². The number of fused-ring (bicyclic) bond motifs is 3. The average molecular weight is 806 g/mol. The quantitative estimate of drug-likeness (QED) is 0.0440. The van der Waals surface area contributed by atoms with E-state index in [0.29, 0.717) is 19.3 Å². The Labute approximate surface area is 345 Å². The average Bonchev–Trinajstić information content (AvgIpc) is 3.77. The van der Waals surface area contributed by atoms with Gasteiger partial charge in [-0.2, -0.15) is 0 Å². The molecule has 3 aliphatic rings. The summed E-state index contributed by atoms with van der Waals surface area (Å²) in [6, 6.07) is 39.4. The Kier molecular flexibility index (Phi) is 11.0. The van der Waals surface area contributed by atoms with E-state index in [4.69, 9.17) is 9.16 Å². The number of carbonyl (C=O) groups is 2. The number of ether oxygens (including phenoxy) is 1. The minimum absolute atomic E-state index is 0.170. The number of aromatic nitrogens is 1. The van der Waals surface area contributed by atoms with Gasteiger partial charge in [0.05, 0.1) is 47.5 Å². The normalized spacial score (nSPS) is 20.8. The molecule has 11 heteroatoms. The van der Waals surface area contributed by atoms with Gasteiger partial charge in [0.2, 0.25) is 11.8 Å². The number of phenolic OH excluding ortho intramolecular Hbond substituents is 1. The third-order valence-corrected chi connectivity index (χ3v) is 17.0. The van der Waals surface area contributed by atoms with Crippen LogP contribution in [0, 0.1) is 27.9 Å². The second-order valence-corrected chi connectivity index (χ2v) is 20.9. The number of hydrogen-bond donors (Lipinski definition) is 1. The topological polar surface area (TPSA) is 132 Å². The van der Waals surface area contributed by atoms with Crippen LogP contribution in [0.15, 0.2) is 145 Å². The molecular formula is C48H47N3O7Si. The fourth-order valence-electron chi connectivity index (χ4n) is 9.49. The fraction of sp³-hybridized carbons (Fsp3) is 0.271. The molecule has 0 radical (unpaired) electrons. The van der Waals surface area contributed by atoms with E-state index in [-0.39, 0.29) is 59.2 Å². The van der Waals surface area contributed by atoms with Gasteiger partial charge in [0.15, 0.2) is 0 Å². The zero-order valence-corrected chi connectivity index (χ0v) is 34.4. The molecule has 2 saturated heterocycles. The summed E-state index contributed by atoms with van der Waals surface area (Å²) >= 11 is 0. The number of non-ortho nitro benzene ring substituents is 1. The van der Waals surface area contributed by atoms with Gasteiger partial charge in [0.1, 0.15) is 5.75 Å². The number of phenols is 1. The lowest BCUT2D eigenvalue weighted by atomic mass is 9.69. The maximum absolute atomic E-state index is 14.5. The Morgan fingerprint density at radius 2 is 1.59 bits per heavy atom. The highest BCUT2D eigenvalue weighted by Crippen LogP contribution is 2.51. The van der Waals surface area contributed by atoms with Crippen LogP contribution >= 0.6 is 0 Å². The van der Waals surface area contributed by atoms with Crippen LogP contribution in [0.4, 0.5) is 11.4 Å². The molecule has 0 unspecified atom stereocenters. The van der Waals surface area contributed by atoms with E-state index >= 15 is 0 Å². The number of pyridine rings is 1. The highest BCUT2D eigenvalue weighted by Gasteiger charge is 2.58. The van der Waals surface area contributed by atoms with Crippen LogP contribution in [0.3, 0.4) is 0 Å². The standard InChI is InChI=1S/C48H47N3O7Si/c1-48(2,3)59(38-18-6-4-7-19-38,39-20-8-5-9-21-39)58-30-34-28-40-45(47(54)50(46(40)53)35-15-13-16-36(29-35)51(55)56)41-31-57-43(44(34)41)24-23-33(42-22-10-11-25-49-42)26-32-14-12-17-37(52)27-32/h4-22,25-27,29,40-41,43,45,52H,23-24,28,30-31H2,1-3H3/b33-26-/t40-,41+,43-,45-/m1/s1. The second kappa shape index (κ2) is 16.3. The Balaban J connectivity index is 1.20. The first-order valence-corrected chi connectivity index (χ1v) is 22.0. The number of imide groups is 1. The largest absolute Gasteiger partial charge is 0.508 e. The third-order valence-electron chi connectivity index (χ3n) is 12.1. The summed E-state index contributed by atoms with van der Waals surface area (Å²) in [6.07, 6.45) is 4.87. The second-order valence-electron chi connectivity index (χ2n) is 16.6. The van der Waals surface area contributed by atoms with Gasteiger partial charge in [-0.3, -0.25) is 24.7 Å². The molecule has 1 aliphatic carbocycles. The van der Waals surface area contributed by atoms with Gasteiger partial charge in [-0.25, -0.2) is 4.90 Å². The van der Waals surface area contributed by atoms with Crippen LogP contribution in [0.1, 0.15) is 51.3 Å². The summed E-state index contributed by atoms with van der Waals surface area (Å²) < 4.78 is 14.2. The number of nitrogens with zero attached hydrogens (tertiary/aromatic N) is 3. The lowest BCUT2D eigenvalue weighted by molar-refractivity contribution is -0.384. The first-order chi connectivity index (χ1) is 28.5. The molecule has 59 heavy (non-hydrogen) atoms. The van der Waals surface area contributed by atoms with Crippen molar-refractivity contribution in [2.75, 3.05) is 18.1 Å². The number of anilines is 1. The molecule has 3 heterocycles. The lowest BCUT2D eigenvalue weighted by Crippen LogP contribution is -2.66. The number of allylic oxidation sites excluding steroid dienone is 1. The van der Waals surface area contributed by atoms with Crippen molar-refractivity contribution in [3.8, 4) is 5.75 Å². The molecule has 0 spiro atoms. The molecule has 2 fully saturated rings. The van der Waals surface area contributed by atoms with Crippen molar-refractivity contribution in [2.45, 2.75) is 51.2 Å². The minimum Gasteiger partial charge on any atom is -0.508 e. The van der Waals surface area contributed by atoms with Crippen molar-refractivity contribution in [3.05, 3.63) is 166 Å². The summed E-state index contributed by atoms with van der Waals surface area (Å²) in [5.41, 5.74) is 4.58. The fourth-order valence-corrected chi connectivity index (χ4v) is 14.0. The Bertz CT molecular complexity index is 2390. The number of nitro groups is 1. The molecule has 1 N–H and O–H groups in total. The molecule has 0 bridgehead atoms. The SMILES string of the molecule is CC(C)(C)[Si](OCC1=C2[C@@H](CC/C(=C/c3cccc(O)c3)c3ccccn3)OC[C@@H]2[C@@H]2C(=O)N(c3cccc([N+](=O)[O-])c3)C(=O)[C@@H]2C1)(c1ccccc1)c1ccccc1. The highest BCUT2D eigenvalue weighted by molar-refractivity contribution is 6.99. The van der Waals surface area contributed by atoms with Gasteiger partial charge in [0, 0.05) is 24.2 Å². The van der Waals surface area contributed by atoms with Gasteiger partial charge in [0.25, 0.3) is 14.0 Å². The summed E-state index contributed by atoms with van der Waals surface area (Å²) in [5, 5.41) is 23.9. The Morgan fingerprint density at radius 1 is 0.898 bits per heavy atom. The smallest absolute Gasteiger partial charge is 0.271 e. The molecule has 2 amide bonds. The number of carbonyl (C=O) groups excluding carboxylic acids is 2. The summed E-state index contributed by atoms with van der Waals surface area (Å²) in [5.74, 6) is -2.30. The van der Waals surface area contributed by atoms with Crippen LogP contribution in [0.2, 0.25) is 5.04 Å². The maximum Gasteiger partial charge on any atom is 0.271 e. The molecule has 300 valence electrons.